The predicted molar refractivity (Wildman–Crippen MR) is 87.7 cm³/mol. The third kappa shape index (κ3) is 4.95. The minimum atomic E-state index is 0.269. The molecule has 3 aliphatic rings. The van der Waals surface area contributed by atoms with Crippen LogP contribution in [0.4, 0.5) is 0 Å². The molecule has 2 saturated carbocycles. The van der Waals surface area contributed by atoms with E-state index in [-0.39, 0.29) is 5.91 Å². The molecule has 22 heavy (non-hydrogen) atoms. The Hall–Kier alpha value is -0.610. The molecule has 2 aliphatic carbocycles. The Morgan fingerprint density at radius 1 is 1.00 bits per heavy atom. The van der Waals surface area contributed by atoms with E-state index in [9.17, 15) is 4.79 Å². The summed E-state index contributed by atoms with van der Waals surface area (Å²) < 4.78 is 6.28. The highest BCUT2D eigenvalue weighted by molar-refractivity contribution is 5.78. The van der Waals surface area contributed by atoms with Gasteiger partial charge in [-0.15, -0.1) is 0 Å². The minimum Gasteiger partial charge on any atom is -0.375 e. The molecular weight excluding hydrogens is 276 g/mol. The van der Waals surface area contributed by atoms with Gasteiger partial charge in [0.25, 0.3) is 0 Å². The van der Waals surface area contributed by atoms with Gasteiger partial charge in [0, 0.05) is 13.1 Å². The molecule has 1 aliphatic heterocycles. The summed E-state index contributed by atoms with van der Waals surface area (Å²) in [6.45, 7) is 5.63. The summed E-state index contributed by atoms with van der Waals surface area (Å²) in [5.41, 5.74) is 0. The van der Waals surface area contributed by atoms with Crippen LogP contribution in [0.5, 0.6) is 0 Å². The zero-order valence-corrected chi connectivity index (χ0v) is 14.1. The zero-order valence-electron chi connectivity index (χ0n) is 14.1. The predicted octanol–water partition coefficient (Wildman–Crippen LogP) is 2.57. The number of nitrogens with one attached hydrogen (secondary N) is 1. The maximum Gasteiger partial charge on any atom is 0.236 e. The second-order valence-electron chi connectivity index (χ2n) is 7.67. The summed E-state index contributed by atoms with van der Waals surface area (Å²) in [5.74, 6) is 1.98. The van der Waals surface area contributed by atoms with Crippen molar-refractivity contribution in [1.29, 1.82) is 0 Å². The number of nitrogens with zero attached hydrogens (tertiary/aromatic N) is 1. The molecule has 4 heteroatoms. The monoisotopic (exact) mass is 308 g/mol. The second-order valence-corrected chi connectivity index (χ2v) is 7.67. The highest BCUT2D eigenvalue weighted by atomic mass is 16.5. The van der Waals surface area contributed by atoms with E-state index < -0.39 is 0 Å². The number of carbonyl (C=O) groups is 1. The Labute approximate surface area is 135 Å². The first-order chi connectivity index (χ1) is 10.7. The fraction of sp³-hybridized carbons (Fsp3) is 0.944. The molecule has 0 aromatic heterocycles. The number of carbonyl (C=O) groups excluding carboxylic acids is 1. The molecule has 1 saturated heterocycles. The largest absolute Gasteiger partial charge is 0.375 e. The van der Waals surface area contributed by atoms with Crippen molar-refractivity contribution in [2.45, 2.75) is 70.5 Å². The van der Waals surface area contributed by atoms with Crippen molar-refractivity contribution in [1.82, 2.24) is 10.2 Å². The van der Waals surface area contributed by atoms with Gasteiger partial charge < -0.3 is 15.0 Å². The van der Waals surface area contributed by atoms with Crippen LogP contribution in [-0.2, 0) is 9.53 Å². The van der Waals surface area contributed by atoms with Gasteiger partial charge in [0.05, 0.1) is 18.8 Å². The van der Waals surface area contributed by atoms with Crippen molar-refractivity contribution in [2.24, 2.45) is 11.8 Å². The molecule has 0 atom stereocenters. The molecular formula is C18H32N2O2. The van der Waals surface area contributed by atoms with Crippen molar-refractivity contribution in [3.63, 3.8) is 0 Å². The van der Waals surface area contributed by atoms with Gasteiger partial charge in [-0.1, -0.05) is 6.92 Å². The third-order valence-corrected chi connectivity index (χ3v) is 5.55. The number of hydrogen-bond acceptors (Lipinski definition) is 3. The lowest BCUT2D eigenvalue weighted by atomic mass is 9.88. The van der Waals surface area contributed by atoms with Gasteiger partial charge in [-0.25, -0.2) is 0 Å². The van der Waals surface area contributed by atoms with Gasteiger partial charge in [0.2, 0.25) is 5.91 Å². The van der Waals surface area contributed by atoms with E-state index in [4.69, 9.17) is 4.74 Å². The van der Waals surface area contributed by atoms with Gasteiger partial charge in [-0.3, -0.25) is 4.79 Å². The van der Waals surface area contributed by atoms with E-state index in [1.54, 1.807) is 0 Å². The van der Waals surface area contributed by atoms with Gasteiger partial charge in [-0.05, 0) is 69.7 Å². The number of likely N-dealkylation sites (tertiary alicyclic amines) is 1. The number of amides is 1. The Bertz CT molecular complexity index is 354. The maximum atomic E-state index is 12.2. The van der Waals surface area contributed by atoms with Gasteiger partial charge in [-0.2, -0.15) is 0 Å². The standard InChI is InChI=1S/C18H32N2O2/c1-14-2-6-16(7-3-14)22-17-8-10-20(11-9-17)18(21)13-19-12-15-4-5-15/h14-17,19H,2-13H2,1H3. The van der Waals surface area contributed by atoms with Crippen LogP contribution in [0.15, 0.2) is 0 Å². The molecule has 1 heterocycles. The first kappa shape index (κ1) is 16.3. The van der Waals surface area contributed by atoms with E-state index in [1.807, 2.05) is 4.90 Å². The topological polar surface area (TPSA) is 41.6 Å². The van der Waals surface area contributed by atoms with Gasteiger partial charge in [0.15, 0.2) is 0 Å². The number of piperidine rings is 1. The minimum absolute atomic E-state index is 0.269. The highest BCUT2D eigenvalue weighted by Crippen LogP contribution is 2.28. The normalized spacial score (nSPS) is 30.5. The molecule has 0 bridgehead atoms. The first-order valence-electron chi connectivity index (χ1n) is 9.34. The van der Waals surface area contributed by atoms with Crippen LogP contribution in [0.3, 0.4) is 0 Å². The Kier molecular flexibility index (Phi) is 5.75. The van der Waals surface area contributed by atoms with E-state index in [0.717, 1.165) is 44.3 Å². The van der Waals surface area contributed by atoms with Crippen LogP contribution in [0.2, 0.25) is 0 Å². The lowest BCUT2D eigenvalue weighted by Gasteiger charge is -2.35. The summed E-state index contributed by atoms with van der Waals surface area (Å²) in [7, 11) is 0. The molecule has 0 unspecified atom stereocenters. The molecule has 0 aromatic carbocycles. The SMILES string of the molecule is CC1CCC(OC2CCN(C(=O)CNCC3CC3)CC2)CC1. The highest BCUT2D eigenvalue weighted by Gasteiger charge is 2.27. The molecule has 0 radical (unpaired) electrons. The average molecular weight is 308 g/mol. The number of rotatable bonds is 6. The second kappa shape index (κ2) is 7.78. The summed E-state index contributed by atoms with van der Waals surface area (Å²) in [4.78, 5) is 14.2. The smallest absolute Gasteiger partial charge is 0.236 e. The van der Waals surface area contributed by atoms with Crippen molar-refractivity contribution >= 4 is 5.91 Å². The van der Waals surface area contributed by atoms with Crippen LogP contribution < -0.4 is 5.32 Å². The Morgan fingerprint density at radius 3 is 2.27 bits per heavy atom. The summed E-state index contributed by atoms with van der Waals surface area (Å²) in [6.07, 6.45) is 10.6. The fourth-order valence-electron chi connectivity index (χ4n) is 3.70. The van der Waals surface area contributed by atoms with Crippen LogP contribution >= 0.6 is 0 Å². The van der Waals surface area contributed by atoms with Crippen LogP contribution in [0.1, 0.15) is 58.3 Å². The van der Waals surface area contributed by atoms with Crippen LogP contribution in [0.25, 0.3) is 0 Å². The average Bonchev–Trinajstić information content (AvgIpc) is 3.34. The van der Waals surface area contributed by atoms with Gasteiger partial charge in [0.1, 0.15) is 0 Å². The van der Waals surface area contributed by atoms with Crippen LogP contribution in [-0.4, -0.2) is 49.2 Å². The quantitative estimate of drug-likeness (QED) is 0.820. The third-order valence-electron chi connectivity index (χ3n) is 5.55. The number of ether oxygens (including phenoxy) is 1. The molecule has 0 aromatic rings. The molecule has 4 nitrogen and oxygen atoms in total. The number of hydrogen-bond donors (Lipinski definition) is 1. The molecule has 1 N–H and O–H groups in total. The van der Waals surface area contributed by atoms with E-state index in [2.05, 4.69) is 12.2 Å². The molecule has 126 valence electrons. The molecule has 1 amide bonds. The Balaban J connectivity index is 1.30. The van der Waals surface area contributed by atoms with Crippen molar-refractivity contribution in [3.05, 3.63) is 0 Å². The summed E-state index contributed by atoms with van der Waals surface area (Å²) >= 11 is 0. The summed E-state index contributed by atoms with van der Waals surface area (Å²) in [5, 5.41) is 3.30. The first-order valence-corrected chi connectivity index (χ1v) is 9.34. The molecule has 3 rings (SSSR count). The Morgan fingerprint density at radius 2 is 1.64 bits per heavy atom. The lowest BCUT2D eigenvalue weighted by Crippen LogP contribution is -2.45. The van der Waals surface area contributed by atoms with E-state index in [1.165, 1.54) is 38.5 Å². The lowest BCUT2D eigenvalue weighted by molar-refractivity contribution is -0.134. The molecule has 3 fully saturated rings. The van der Waals surface area contributed by atoms with Crippen molar-refractivity contribution in [2.75, 3.05) is 26.2 Å². The van der Waals surface area contributed by atoms with Crippen molar-refractivity contribution < 1.29 is 9.53 Å². The van der Waals surface area contributed by atoms with E-state index >= 15 is 0 Å². The molecule has 0 spiro atoms. The zero-order chi connectivity index (χ0) is 15.4. The van der Waals surface area contributed by atoms with E-state index in [0.29, 0.717) is 18.8 Å². The maximum absolute atomic E-state index is 12.2. The van der Waals surface area contributed by atoms with Gasteiger partial charge >= 0.3 is 0 Å². The van der Waals surface area contributed by atoms with Crippen LogP contribution in [0, 0.1) is 11.8 Å². The summed E-state index contributed by atoms with van der Waals surface area (Å²) in [6, 6.07) is 0. The van der Waals surface area contributed by atoms with Crippen molar-refractivity contribution in [3.8, 4) is 0 Å². The fourth-order valence-corrected chi connectivity index (χ4v) is 3.70.